The fraction of sp³-hybridized carbons (Fsp3) is 0.375. The van der Waals surface area contributed by atoms with Gasteiger partial charge in [-0.3, -0.25) is 9.59 Å². The smallest absolute Gasteiger partial charge is 0.156 e. The van der Waals surface area contributed by atoms with E-state index >= 15 is 0 Å². The van der Waals surface area contributed by atoms with Crippen LogP contribution in [0.2, 0.25) is 0 Å². The van der Waals surface area contributed by atoms with E-state index in [2.05, 4.69) is 0 Å². The van der Waals surface area contributed by atoms with E-state index in [-0.39, 0.29) is 11.6 Å². The van der Waals surface area contributed by atoms with Gasteiger partial charge in [-0.2, -0.15) is 0 Å². The molecule has 0 amide bonds. The third kappa shape index (κ3) is 2.95. The number of hydrogen-bond donors (Lipinski definition) is 0. The van der Waals surface area contributed by atoms with Crippen molar-refractivity contribution in [2.24, 2.45) is 0 Å². The van der Waals surface area contributed by atoms with Crippen LogP contribution < -0.4 is 0 Å². The lowest BCUT2D eigenvalue weighted by Crippen LogP contribution is -2.09. The molecule has 18 heavy (non-hydrogen) atoms. The van der Waals surface area contributed by atoms with Crippen LogP contribution in [-0.4, -0.2) is 11.6 Å². The van der Waals surface area contributed by atoms with E-state index in [9.17, 15) is 9.59 Å². The molecule has 0 spiro atoms. The first-order valence-electron chi connectivity index (χ1n) is 6.48. The molecule has 2 rings (SSSR count). The molecular weight excluding hydrogens is 224 g/mol. The summed E-state index contributed by atoms with van der Waals surface area (Å²) in [4.78, 5) is 23.6. The van der Waals surface area contributed by atoms with Gasteiger partial charge >= 0.3 is 0 Å². The van der Waals surface area contributed by atoms with Crippen molar-refractivity contribution < 1.29 is 9.59 Å². The third-order valence-electron chi connectivity index (χ3n) is 3.42. The second kappa shape index (κ2) is 5.76. The molecule has 0 saturated heterocycles. The second-order valence-electron chi connectivity index (χ2n) is 4.80. The normalized spacial score (nSPS) is 21.3. The molecule has 2 nitrogen and oxygen atoms in total. The lowest BCUT2D eigenvalue weighted by Gasteiger charge is -2.16. The van der Waals surface area contributed by atoms with E-state index in [1.165, 1.54) is 0 Å². The number of allylic oxidation sites excluding steroid dienone is 2. The molecule has 0 bridgehead atoms. The number of carbonyl (C=O) groups excluding carboxylic acids is 2. The molecule has 1 aromatic rings. The largest absolute Gasteiger partial charge is 0.299 e. The molecule has 1 aliphatic carbocycles. The number of Topliss-reactive ketones (excluding diaryl/α,β-unsaturated/α-hetero) is 2. The Hall–Kier alpha value is -1.70. The molecule has 94 valence electrons. The van der Waals surface area contributed by atoms with Crippen LogP contribution in [0.1, 0.15) is 44.6 Å². The number of carbonyl (C=O) groups is 2. The lowest BCUT2D eigenvalue weighted by molar-refractivity contribution is -0.118. The highest BCUT2D eigenvalue weighted by molar-refractivity contribution is 6.04. The number of benzene rings is 1. The maximum Gasteiger partial charge on any atom is 0.156 e. The van der Waals surface area contributed by atoms with Gasteiger partial charge in [-0.15, -0.1) is 0 Å². The van der Waals surface area contributed by atoms with E-state index in [1.54, 1.807) is 6.92 Å². The molecule has 0 aromatic heterocycles. The minimum Gasteiger partial charge on any atom is -0.299 e. The Labute approximate surface area is 108 Å². The fourth-order valence-electron chi connectivity index (χ4n) is 2.47. The van der Waals surface area contributed by atoms with Crippen molar-refractivity contribution in [1.82, 2.24) is 0 Å². The zero-order valence-corrected chi connectivity index (χ0v) is 10.7. The quantitative estimate of drug-likeness (QED) is 0.794. The van der Waals surface area contributed by atoms with Crippen molar-refractivity contribution >= 4 is 17.1 Å². The molecule has 0 fully saturated rings. The summed E-state index contributed by atoms with van der Waals surface area (Å²) in [6.07, 6.45) is 3.67. The molecule has 1 aliphatic rings. The van der Waals surface area contributed by atoms with Crippen LogP contribution in [0.4, 0.5) is 0 Å². The summed E-state index contributed by atoms with van der Waals surface area (Å²) in [5.74, 6) is 0.343. The highest BCUT2D eigenvalue weighted by Gasteiger charge is 2.18. The van der Waals surface area contributed by atoms with Gasteiger partial charge < -0.3 is 0 Å². The summed E-state index contributed by atoms with van der Waals surface area (Å²) in [6.45, 7) is 1.60. The van der Waals surface area contributed by atoms with Crippen molar-refractivity contribution in [1.29, 1.82) is 0 Å². The molecule has 1 aromatic carbocycles. The molecule has 0 atom stereocenters. The van der Waals surface area contributed by atoms with E-state index in [0.29, 0.717) is 12.8 Å². The molecule has 2 heteroatoms. The van der Waals surface area contributed by atoms with Gasteiger partial charge in [-0.1, -0.05) is 30.3 Å². The summed E-state index contributed by atoms with van der Waals surface area (Å²) in [7, 11) is 0. The summed E-state index contributed by atoms with van der Waals surface area (Å²) in [6, 6.07) is 9.80. The van der Waals surface area contributed by atoms with Crippen LogP contribution in [0.3, 0.4) is 0 Å². The first kappa shape index (κ1) is 12.7. The zero-order valence-electron chi connectivity index (χ0n) is 10.7. The average Bonchev–Trinajstić information content (AvgIpc) is 2.34. The Bertz CT molecular complexity index is 483. The SMILES string of the molecule is CC(=O)/C1=C(\c2ccccc2)CC(=O)CCCC1. The minimum absolute atomic E-state index is 0.101. The first-order valence-corrected chi connectivity index (χ1v) is 6.48. The van der Waals surface area contributed by atoms with Gasteiger partial charge in [0.05, 0.1) is 0 Å². The minimum atomic E-state index is 0.101. The van der Waals surface area contributed by atoms with Crippen molar-refractivity contribution in [3.8, 4) is 0 Å². The molecule has 0 saturated carbocycles. The zero-order chi connectivity index (χ0) is 13.0. The highest BCUT2D eigenvalue weighted by Crippen LogP contribution is 2.29. The van der Waals surface area contributed by atoms with Gasteiger partial charge in [-0.05, 0) is 42.9 Å². The van der Waals surface area contributed by atoms with Crippen molar-refractivity contribution in [2.45, 2.75) is 39.0 Å². The Morgan fingerprint density at radius 1 is 1.06 bits per heavy atom. The standard InChI is InChI=1S/C16H18O2/c1-12(17)15-10-6-5-9-14(18)11-16(15)13-7-3-2-4-8-13/h2-4,7-8H,5-6,9-11H2,1H3/b16-15-. The third-order valence-corrected chi connectivity index (χ3v) is 3.42. The van der Waals surface area contributed by atoms with E-state index in [4.69, 9.17) is 0 Å². The maximum atomic E-state index is 11.8. The summed E-state index contributed by atoms with van der Waals surface area (Å²) < 4.78 is 0. The summed E-state index contributed by atoms with van der Waals surface area (Å²) >= 11 is 0. The number of rotatable bonds is 2. The second-order valence-corrected chi connectivity index (χ2v) is 4.80. The lowest BCUT2D eigenvalue weighted by atomic mass is 9.87. The Morgan fingerprint density at radius 2 is 1.72 bits per heavy atom. The van der Waals surface area contributed by atoms with E-state index in [1.807, 2.05) is 30.3 Å². The Balaban J connectivity index is 2.48. The summed E-state index contributed by atoms with van der Waals surface area (Å²) in [5, 5.41) is 0. The van der Waals surface area contributed by atoms with Gasteiger partial charge in [0, 0.05) is 12.8 Å². The van der Waals surface area contributed by atoms with E-state index < -0.39 is 0 Å². The first-order chi connectivity index (χ1) is 8.68. The van der Waals surface area contributed by atoms with Crippen LogP contribution >= 0.6 is 0 Å². The monoisotopic (exact) mass is 242 g/mol. The molecule has 0 heterocycles. The van der Waals surface area contributed by atoms with Crippen LogP contribution in [0.5, 0.6) is 0 Å². The number of ketones is 2. The topological polar surface area (TPSA) is 34.1 Å². The molecule has 0 aliphatic heterocycles. The average molecular weight is 242 g/mol. The van der Waals surface area contributed by atoms with Gasteiger partial charge in [-0.25, -0.2) is 0 Å². The summed E-state index contributed by atoms with van der Waals surface area (Å²) in [5.41, 5.74) is 2.79. The van der Waals surface area contributed by atoms with Crippen LogP contribution in [0.25, 0.3) is 5.57 Å². The van der Waals surface area contributed by atoms with Crippen molar-refractivity contribution in [2.75, 3.05) is 0 Å². The predicted molar refractivity (Wildman–Crippen MR) is 72.1 cm³/mol. The van der Waals surface area contributed by atoms with Crippen LogP contribution in [0.15, 0.2) is 35.9 Å². The van der Waals surface area contributed by atoms with Gasteiger partial charge in [0.25, 0.3) is 0 Å². The Kier molecular flexibility index (Phi) is 4.08. The predicted octanol–water partition coefficient (Wildman–Crippen LogP) is 3.56. The van der Waals surface area contributed by atoms with Gasteiger partial charge in [0.15, 0.2) is 5.78 Å². The van der Waals surface area contributed by atoms with Crippen LogP contribution in [-0.2, 0) is 9.59 Å². The maximum absolute atomic E-state index is 11.8. The van der Waals surface area contributed by atoms with Gasteiger partial charge in [0.2, 0.25) is 0 Å². The molecule has 0 unspecified atom stereocenters. The number of hydrogen-bond acceptors (Lipinski definition) is 2. The van der Waals surface area contributed by atoms with Crippen molar-refractivity contribution in [3.63, 3.8) is 0 Å². The van der Waals surface area contributed by atoms with Gasteiger partial charge in [0.1, 0.15) is 5.78 Å². The Morgan fingerprint density at radius 3 is 2.39 bits per heavy atom. The molecule has 0 radical (unpaired) electrons. The van der Waals surface area contributed by atoms with Crippen LogP contribution in [0, 0.1) is 0 Å². The fourth-order valence-corrected chi connectivity index (χ4v) is 2.47. The van der Waals surface area contributed by atoms with Crippen molar-refractivity contribution in [3.05, 3.63) is 41.5 Å². The molecular formula is C16H18O2. The van der Waals surface area contributed by atoms with E-state index in [0.717, 1.165) is 36.0 Å². The highest BCUT2D eigenvalue weighted by atomic mass is 16.1. The molecule has 0 N–H and O–H groups in total.